The summed E-state index contributed by atoms with van der Waals surface area (Å²) in [6.45, 7) is 5.35. The molecule has 1 heterocycles. The zero-order chi connectivity index (χ0) is 17.9. The second kappa shape index (κ2) is 7.58. The van der Waals surface area contributed by atoms with Gasteiger partial charge >= 0.3 is 0 Å². The molecule has 0 amide bonds. The third kappa shape index (κ3) is 3.88. The molecule has 0 unspecified atom stereocenters. The maximum Gasteiger partial charge on any atom is 0.264 e. The van der Waals surface area contributed by atoms with Gasteiger partial charge < -0.3 is 4.90 Å². The minimum absolute atomic E-state index is 0.376. The molecule has 0 aromatic heterocycles. The van der Waals surface area contributed by atoms with E-state index in [0.29, 0.717) is 10.6 Å². The molecule has 2 aromatic carbocycles. The van der Waals surface area contributed by atoms with E-state index in [1.807, 2.05) is 42.5 Å². The van der Waals surface area contributed by atoms with Crippen molar-refractivity contribution in [2.24, 2.45) is 0 Å². The summed E-state index contributed by atoms with van der Waals surface area (Å²) in [5.41, 5.74) is 3.12. The van der Waals surface area contributed by atoms with Crippen LogP contribution in [-0.4, -0.2) is 40.0 Å². The fourth-order valence-corrected chi connectivity index (χ4v) is 4.63. The first kappa shape index (κ1) is 18.0. The predicted molar refractivity (Wildman–Crippen MR) is 103 cm³/mol. The normalized spacial score (nSPS) is 15.4. The Morgan fingerprint density at radius 1 is 1.00 bits per heavy atom. The highest BCUT2D eigenvalue weighted by Crippen LogP contribution is 2.25. The third-order valence-corrected chi connectivity index (χ3v) is 6.67. The number of sulfonamides is 1. The van der Waals surface area contributed by atoms with Gasteiger partial charge in [0.2, 0.25) is 0 Å². The second-order valence-corrected chi connectivity index (χ2v) is 8.55. The average Bonchev–Trinajstić information content (AvgIpc) is 2.84. The van der Waals surface area contributed by atoms with E-state index in [2.05, 4.69) is 11.8 Å². The fraction of sp³-hybridized carbons (Fsp3) is 0.400. The van der Waals surface area contributed by atoms with Crippen LogP contribution in [0.15, 0.2) is 53.4 Å². The van der Waals surface area contributed by atoms with Gasteiger partial charge in [-0.3, -0.25) is 4.31 Å². The fourth-order valence-electron chi connectivity index (χ4n) is 3.38. The van der Waals surface area contributed by atoms with Gasteiger partial charge in [-0.25, -0.2) is 8.42 Å². The molecule has 25 heavy (non-hydrogen) atoms. The Bertz CT molecular complexity index is 819. The van der Waals surface area contributed by atoms with Crippen LogP contribution in [0.25, 0.3) is 0 Å². The predicted octanol–water partition coefficient (Wildman–Crippen LogP) is 3.32. The second-order valence-electron chi connectivity index (χ2n) is 6.58. The van der Waals surface area contributed by atoms with Crippen molar-refractivity contribution >= 4 is 15.7 Å². The minimum atomic E-state index is -3.54. The number of rotatable bonds is 5. The SMILES string of the molecule is CCCN1CCc2ccc(S(=O)(=O)N(C)c3ccccc3)cc2CC1. The van der Waals surface area contributed by atoms with E-state index in [4.69, 9.17) is 0 Å². The maximum atomic E-state index is 13.0. The van der Waals surface area contributed by atoms with Crippen molar-refractivity contribution in [2.75, 3.05) is 31.0 Å². The van der Waals surface area contributed by atoms with E-state index in [-0.39, 0.29) is 0 Å². The standard InChI is InChI=1S/C20H26N2O2S/c1-3-13-22-14-11-17-9-10-20(16-18(17)12-15-22)25(23,24)21(2)19-7-5-4-6-8-19/h4-10,16H,3,11-15H2,1-2H3. The first-order valence-electron chi connectivity index (χ1n) is 8.90. The van der Waals surface area contributed by atoms with E-state index in [9.17, 15) is 8.42 Å². The van der Waals surface area contributed by atoms with Crippen LogP contribution in [0.1, 0.15) is 24.5 Å². The lowest BCUT2D eigenvalue weighted by Crippen LogP contribution is -2.27. The van der Waals surface area contributed by atoms with Crippen LogP contribution < -0.4 is 4.31 Å². The Morgan fingerprint density at radius 2 is 1.68 bits per heavy atom. The molecular weight excluding hydrogens is 332 g/mol. The van der Waals surface area contributed by atoms with Crippen LogP contribution in [0.5, 0.6) is 0 Å². The van der Waals surface area contributed by atoms with Crippen LogP contribution >= 0.6 is 0 Å². The first-order chi connectivity index (χ1) is 12.0. The highest BCUT2D eigenvalue weighted by molar-refractivity contribution is 7.92. The maximum absolute atomic E-state index is 13.0. The van der Waals surface area contributed by atoms with E-state index in [1.165, 1.54) is 15.4 Å². The van der Waals surface area contributed by atoms with E-state index < -0.39 is 10.0 Å². The molecule has 0 fully saturated rings. The van der Waals surface area contributed by atoms with Crippen molar-refractivity contribution in [1.82, 2.24) is 4.90 Å². The number of para-hydroxylation sites is 1. The van der Waals surface area contributed by atoms with E-state index in [0.717, 1.165) is 38.9 Å². The molecule has 0 spiro atoms. The van der Waals surface area contributed by atoms with Crippen LogP contribution in [0, 0.1) is 0 Å². The van der Waals surface area contributed by atoms with Crippen LogP contribution in [0.4, 0.5) is 5.69 Å². The summed E-state index contributed by atoms with van der Waals surface area (Å²) in [6, 6.07) is 14.8. The number of benzene rings is 2. The molecule has 0 N–H and O–H groups in total. The molecule has 4 nitrogen and oxygen atoms in total. The van der Waals surface area contributed by atoms with Gasteiger partial charge in [0.05, 0.1) is 10.6 Å². The van der Waals surface area contributed by atoms with Crippen LogP contribution in [-0.2, 0) is 22.9 Å². The van der Waals surface area contributed by atoms with Gasteiger partial charge in [0.1, 0.15) is 0 Å². The Kier molecular flexibility index (Phi) is 5.45. The molecule has 2 aromatic rings. The number of nitrogens with zero attached hydrogens (tertiary/aromatic N) is 2. The summed E-state index contributed by atoms with van der Waals surface area (Å²) in [6.07, 6.45) is 3.05. The number of hydrogen-bond acceptors (Lipinski definition) is 3. The Hall–Kier alpha value is -1.85. The van der Waals surface area contributed by atoms with Crippen molar-refractivity contribution in [2.45, 2.75) is 31.1 Å². The third-order valence-electron chi connectivity index (χ3n) is 4.89. The van der Waals surface area contributed by atoms with Crippen LogP contribution in [0.3, 0.4) is 0 Å². The molecule has 0 radical (unpaired) electrons. The molecule has 5 heteroatoms. The van der Waals surface area contributed by atoms with Crippen molar-refractivity contribution < 1.29 is 8.42 Å². The summed E-state index contributed by atoms with van der Waals surface area (Å²) >= 11 is 0. The summed E-state index contributed by atoms with van der Waals surface area (Å²) in [4.78, 5) is 2.84. The number of fused-ring (bicyclic) bond motifs is 1. The summed E-state index contributed by atoms with van der Waals surface area (Å²) in [5, 5.41) is 0. The summed E-state index contributed by atoms with van der Waals surface area (Å²) in [5.74, 6) is 0. The Labute approximate surface area is 151 Å². The Morgan fingerprint density at radius 3 is 2.36 bits per heavy atom. The van der Waals surface area contributed by atoms with Crippen molar-refractivity contribution in [3.05, 3.63) is 59.7 Å². The first-order valence-corrected chi connectivity index (χ1v) is 10.3. The number of anilines is 1. The van der Waals surface area contributed by atoms with Gasteiger partial charge in [-0.2, -0.15) is 0 Å². The zero-order valence-electron chi connectivity index (χ0n) is 15.0. The van der Waals surface area contributed by atoms with Crippen molar-refractivity contribution in [1.29, 1.82) is 0 Å². The smallest absolute Gasteiger partial charge is 0.264 e. The molecule has 1 aliphatic rings. The lowest BCUT2D eigenvalue weighted by atomic mass is 10.0. The molecule has 134 valence electrons. The molecular formula is C20H26N2O2S. The molecule has 0 bridgehead atoms. The zero-order valence-corrected chi connectivity index (χ0v) is 15.8. The molecule has 1 aliphatic heterocycles. The monoisotopic (exact) mass is 358 g/mol. The van der Waals surface area contributed by atoms with Gasteiger partial charge in [-0.1, -0.05) is 31.2 Å². The molecule has 0 atom stereocenters. The van der Waals surface area contributed by atoms with Gasteiger partial charge in [-0.15, -0.1) is 0 Å². The minimum Gasteiger partial charge on any atom is -0.303 e. The highest BCUT2D eigenvalue weighted by atomic mass is 32.2. The quantitative estimate of drug-likeness (QED) is 0.823. The average molecular weight is 359 g/mol. The van der Waals surface area contributed by atoms with Crippen LogP contribution in [0.2, 0.25) is 0 Å². The molecule has 3 rings (SSSR count). The van der Waals surface area contributed by atoms with Gasteiger partial charge in [0.25, 0.3) is 10.0 Å². The summed E-state index contributed by atoms with van der Waals surface area (Å²) < 4.78 is 27.3. The van der Waals surface area contributed by atoms with Gasteiger partial charge in [-0.05, 0) is 61.2 Å². The number of hydrogen-bond donors (Lipinski definition) is 0. The lowest BCUT2D eigenvalue weighted by Gasteiger charge is -2.20. The van der Waals surface area contributed by atoms with Crippen molar-refractivity contribution in [3.8, 4) is 0 Å². The molecule has 0 aliphatic carbocycles. The molecule has 0 saturated heterocycles. The van der Waals surface area contributed by atoms with Gasteiger partial charge in [0.15, 0.2) is 0 Å². The van der Waals surface area contributed by atoms with Gasteiger partial charge in [0, 0.05) is 20.1 Å². The van der Waals surface area contributed by atoms with Crippen molar-refractivity contribution in [3.63, 3.8) is 0 Å². The largest absolute Gasteiger partial charge is 0.303 e. The lowest BCUT2D eigenvalue weighted by molar-refractivity contribution is 0.288. The highest BCUT2D eigenvalue weighted by Gasteiger charge is 2.23. The molecule has 0 saturated carbocycles. The van der Waals surface area contributed by atoms with E-state index >= 15 is 0 Å². The van der Waals surface area contributed by atoms with E-state index in [1.54, 1.807) is 13.1 Å². The summed E-state index contributed by atoms with van der Waals surface area (Å²) in [7, 11) is -1.93. The topological polar surface area (TPSA) is 40.6 Å². The Balaban J connectivity index is 1.87.